The number of esters is 1. The molecule has 0 aromatic heterocycles. The molecule has 0 fully saturated rings. The molecule has 0 bridgehead atoms. The SMILES string of the molecule is CCCC(C)C1(OC)OC(=O)C(C)=C(OC)C1(C)C. The van der Waals surface area contributed by atoms with Gasteiger partial charge in [-0.1, -0.05) is 20.3 Å². The van der Waals surface area contributed by atoms with Crippen molar-refractivity contribution in [3.05, 3.63) is 11.3 Å². The van der Waals surface area contributed by atoms with Gasteiger partial charge in [-0.15, -0.1) is 0 Å². The third-order valence-corrected chi connectivity index (χ3v) is 4.21. The first-order valence-corrected chi connectivity index (χ1v) is 6.82. The molecule has 0 amide bonds. The van der Waals surface area contributed by atoms with Gasteiger partial charge in [0.25, 0.3) is 0 Å². The zero-order valence-electron chi connectivity index (χ0n) is 13.1. The number of carbonyl (C=O) groups excluding carboxylic acids is 1. The molecule has 1 aliphatic heterocycles. The minimum absolute atomic E-state index is 0.0831. The van der Waals surface area contributed by atoms with Crippen LogP contribution in [-0.4, -0.2) is 26.0 Å². The third-order valence-electron chi connectivity index (χ3n) is 4.21. The Kier molecular flexibility index (Phi) is 4.67. The highest BCUT2D eigenvalue weighted by Gasteiger charge is 2.59. The lowest BCUT2D eigenvalue weighted by Gasteiger charge is -2.51. The van der Waals surface area contributed by atoms with Crippen molar-refractivity contribution in [2.75, 3.05) is 14.2 Å². The number of cyclic esters (lactones) is 1. The van der Waals surface area contributed by atoms with Crippen LogP contribution in [0, 0.1) is 11.3 Å². The lowest BCUT2D eigenvalue weighted by Crippen LogP contribution is -2.58. The highest BCUT2D eigenvalue weighted by atomic mass is 16.7. The van der Waals surface area contributed by atoms with Crippen molar-refractivity contribution in [1.82, 2.24) is 0 Å². The summed E-state index contributed by atoms with van der Waals surface area (Å²) in [5, 5.41) is 0. The van der Waals surface area contributed by atoms with Gasteiger partial charge in [0.15, 0.2) is 0 Å². The van der Waals surface area contributed by atoms with Crippen LogP contribution in [0.4, 0.5) is 0 Å². The van der Waals surface area contributed by atoms with Crippen LogP contribution in [0.2, 0.25) is 0 Å². The molecule has 1 rings (SSSR count). The van der Waals surface area contributed by atoms with E-state index in [0.717, 1.165) is 12.8 Å². The lowest BCUT2D eigenvalue weighted by atomic mass is 9.71. The van der Waals surface area contributed by atoms with Crippen molar-refractivity contribution in [3.8, 4) is 0 Å². The first kappa shape index (κ1) is 16.0. The minimum Gasteiger partial charge on any atom is -0.500 e. The van der Waals surface area contributed by atoms with Crippen molar-refractivity contribution >= 4 is 5.97 Å². The molecule has 0 spiro atoms. The molecular weight excluding hydrogens is 244 g/mol. The van der Waals surface area contributed by atoms with Crippen LogP contribution < -0.4 is 0 Å². The van der Waals surface area contributed by atoms with Crippen LogP contribution >= 0.6 is 0 Å². The second-order valence-corrected chi connectivity index (χ2v) is 5.73. The van der Waals surface area contributed by atoms with Crippen molar-refractivity contribution in [2.24, 2.45) is 11.3 Å². The molecule has 0 N–H and O–H groups in total. The number of hydrogen-bond acceptors (Lipinski definition) is 4. The third kappa shape index (κ3) is 2.27. The molecule has 1 aliphatic rings. The van der Waals surface area contributed by atoms with Crippen molar-refractivity contribution in [1.29, 1.82) is 0 Å². The quantitative estimate of drug-likeness (QED) is 0.719. The van der Waals surface area contributed by atoms with Gasteiger partial charge in [-0.25, -0.2) is 4.79 Å². The van der Waals surface area contributed by atoms with E-state index in [-0.39, 0.29) is 11.9 Å². The van der Waals surface area contributed by atoms with E-state index in [2.05, 4.69) is 13.8 Å². The predicted octanol–water partition coefficient (Wildman–Crippen LogP) is 3.27. The van der Waals surface area contributed by atoms with Crippen molar-refractivity contribution in [2.45, 2.75) is 53.2 Å². The van der Waals surface area contributed by atoms with E-state index in [1.54, 1.807) is 21.1 Å². The number of ether oxygens (including phenoxy) is 3. The fourth-order valence-electron chi connectivity index (χ4n) is 3.31. The summed E-state index contributed by atoms with van der Waals surface area (Å²) in [5.74, 6) is -0.612. The van der Waals surface area contributed by atoms with E-state index < -0.39 is 11.2 Å². The van der Waals surface area contributed by atoms with E-state index in [0.29, 0.717) is 11.3 Å². The molecule has 2 unspecified atom stereocenters. The average molecular weight is 270 g/mol. The molecule has 0 aromatic carbocycles. The van der Waals surface area contributed by atoms with Crippen molar-refractivity contribution in [3.63, 3.8) is 0 Å². The molecule has 2 atom stereocenters. The fourth-order valence-corrected chi connectivity index (χ4v) is 3.31. The van der Waals surface area contributed by atoms with Crippen LogP contribution in [0.1, 0.15) is 47.5 Å². The van der Waals surface area contributed by atoms with E-state index in [9.17, 15) is 4.79 Å². The zero-order valence-corrected chi connectivity index (χ0v) is 13.1. The van der Waals surface area contributed by atoms with Gasteiger partial charge in [-0.3, -0.25) is 0 Å². The monoisotopic (exact) mass is 270 g/mol. The van der Waals surface area contributed by atoms with E-state index in [1.165, 1.54) is 0 Å². The van der Waals surface area contributed by atoms with E-state index in [4.69, 9.17) is 14.2 Å². The minimum atomic E-state index is -0.981. The Morgan fingerprint density at radius 3 is 2.32 bits per heavy atom. The summed E-state index contributed by atoms with van der Waals surface area (Å²) in [6.45, 7) is 9.88. The van der Waals surface area contributed by atoms with Crippen LogP contribution in [0.25, 0.3) is 0 Å². The molecule has 0 saturated heterocycles. The second-order valence-electron chi connectivity index (χ2n) is 5.73. The second kappa shape index (κ2) is 5.53. The molecule has 0 aliphatic carbocycles. The number of rotatable bonds is 5. The fraction of sp³-hybridized carbons (Fsp3) is 0.800. The number of carbonyl (C=O) groups is 1. The van der Waals surface area contributed by atoms with Crippen LogP contribution in [0.3, 0.4) is 0 Å². The number of methoxy groups -OCH3 is 2. The molecule has 0 saturated carbocycles. The molecule has 4 nitrogen and oxygen atoms in total. The molecule has 1 heterocycles. The van der Waals surface area contributed by atoms with Gasteiger partial charge in [0.2, 0.25) is 5.79 Å². The first-order valence-electron chi connectivity index (χ1n) is 6.82. The van der Waals surface area contributed by atoms with Crippen molar-refractivity contribution < 1.29 is 19.0 Å². The molecule has 4 heteroatoms. The van der Waals surface area contributed by atoms with Crippen LogP contribution in [0.5, 0.6) is 0 Å². The smallest absolute Gasteiger partial charge is 0.339 e. The average Bonchev–Trinajstić information content (AvgIpc) is 2.34. The van der Waals surface area contributed by atoms with Gasteiger partial charge < -0.3 is 14.2 Å². The Morgan fingerprint density at radius 1 is 1.32 bits per heavy atom. The predicted molar refractivity (Wildman–Crippen MR) is 73.4 cm³/mol. The van der Waals surface area contributed by atoms with E-state index >= 15 is 0 Å². The molecular formula is C15H26O4. The molecule has 110 valence electrons. The topological polar surface area (TPSA) is 44.8 Å². The highest BCUT2D eigenvalue weighted by molar-refractivity contribution is 5.90. The largest absolute Gasteiger partial charge is 0.500 e. The summed E-state index contributed by atoms with van der Waals surface area (Å²) in [6, 6.07) is 0. The summed E-state index contributed by atoms with van der Waals surface area (Å²) in [7, 11) is 3.18. The Morgan fingerprint density at radius 2 is 1.89 bits per heavy atom. The Bertz CT molecular complexity index is 384. The maximum atomic E-state index is 12.1. The summed E-state index contributed by atoms with van der Waals surface area (Å²) >= 11 is 0. The zero-order chi connectivity index (χ0) is 14.8. The summed E-state index contributed by atoms with van der Waals surface area (Å²) < 4.78 is 16.9. The highest BCUT2D eigenvalue weighted by Crippen LogP contribution is 2.51. The standard InChI is InChI=1S/C15H26O4/c1-8-9-10(2)15(18-7)14(4,5)12(17-6)11(3)13(16)19-15/h10H,8-9H2,1-7H3. The van der Waals surface area contributed by atoms with Gasteiger partial charge >= 0.3 is 5.97 Å². The first-order chi connectivity index (χ1) is 8.78. The molecule has 0 radical (unpaired) electrons. The molecule has 19 heavy (non-hydrogen) atoms. The van der Waals surface area contributed by atoms with Gasteiger partial charge in [0.1, 0.15) is 5.76 Å². The number of hydrogen-bond donors (Lipinski definition) is 0. The van der Waals surface area contributed by atoms with Crippen LogP contribution in [0.15, 0.2) is 11.3 Å². The lowest BCUT2D eigenvalue weighted by molar-refractivity contribution is -0.294. The summed E-state index contributed by atoms with van der Waals surface area (Å²) in [4.78, 5) is 12.1. The van der Waals surface area contributed by atoms with Gasteiger partial charge in [0.05, 0.1) is 18.1 Å². The normalized spacial score (nSPS) is 28.1. The van der Waals surface area contributed by atoms with Gasteiger partial charge in [-0.05, 0) is 27.2 Å². The van der Waals surface area contributed by atoms with E-state index in [1.807, 2.05) is 13.8 Å². The Hall–Kier alpha value is -1.03. The Labute approximate surface area is 116 Å². The maximum Gasteiger partial charge on any atom is 0.339 e. The van der Waals surface area contributed by atoms with Gasteiger partial charge in [-0.2, -0.15) is 0 Å². The van der Waals surface area contributed by atoms with Gasteiger partial charge in [0, 0.05) is 13.0 Å². The summed E-state index contributed by atoms with van der Waals surface area (Å²) in [5.41, 5.74) is -0.00725. The molecule has 0 aromatic rings. The summed E-state index contributed by atoms with van der Waals surface area (Å²) in [6.07, 6.45) is 1.92. The maximum absolute atomic E-state index is 12.1. The Balaban J connectivity index is 3.38. The van der Waals surface area contributed by atoms with Crippen LogP contribution in [-0.2, 0) is 19.0 Å².